The predicted octanol–water partition coefficient (Wildman–Crippen LogP) is 7.72. The lowest BCUT2D eigenvalue weighted by Gasteiger charge is -2.10. The number of hydrogen-bond donors (Lipinski definition) is 0. The monoisotopic (exact) mass is 474 g/mol. The highest BCUT2D eigenvalue weighted by molar-refractivity contribution is 7.23. The fourth-order valence-corrected chi connectivity index (χ4v) is 5.56. The van der Waals surface area contributed by atoms with Crippen LogP contribution in [0.4, 0.5) is 0 Å². The lowest BCUT2D eigenvalue weighted by atomic mass is 10.0. The van der Waals surface area contributed by atoms with E-state index >= 15 is 0 Å². The second-order valence-electron chi connectivity index (χ2n) is 7.63. The molecule has 0 aliphatic rings. The molecule has 0 saturated heterocycles. The van der Waals surface area contributed by atoms with E-state index in [1.807, 2.05) is 48.7 Å². The van der Waals surface area contributed by atoms with E-state index in [1.54, 1.807) is 35.1 Å². The Labute approximate surface area is 205 Å². The third-order valence-electron chi connectivity index (χ3n) is 5.40. The van der Waals surface area contributed by atoms with Gasteiger partial charge in [-0.2, -0.15) is 0 Å². The van der Waals surface area contributed by atoms with Crippen LogP contribution in [0.25, 0.3) is 54.2 Å². The van der Waals surface area contributed by atoms with Gasteiger partial charge in [0.05, 0.1) is 33.3 Å². The van der Waals surface area contributed by atoms with Crippen LogP contribution in [0.1, 0.15) is 0 Å². The number of pyridine rings is 4. The topological polar surface area (TPSA) is 51.6 Å². The highest BCUT2D eigenvalue weighted by Gasteiger charge is 2.13. The third-order valence-corrected chi connectivity index (χ3v) is 7.57. The molecule has 0 unspecified atom stereocenters. The average Bonchev–Trinajstić information content (AvgIpc) is 3.62. The first-order valence-electron chi connectivity index (χ1n) is 10.8. The molecule has 0 atom stereocenters. The second kappa shape index (κ2) is 9.09. The highest BCUT2D eigenvalue weighted by atomic mass is 32.1. The fourth-order valence-electron chi connectivity index (χ4n) is 3.76. The maximum absolute atomic E-state index is 5.00. The van der Waals surface area contributed by atoms with Gasteiger partial charge in [-0.15, -0.1) is 22.7 Å². The molecule has 0 fully saturated rings. The Kier molecular flexibility index (Phi) is 5.51. The van der Waals surface area contributed by atoms with E-state index in [1.165, 1.54) is 9.75 Å². The normalized spacial score (nSPS) is 10.9. The Bertz CT molecular complexity index is 1540. The van der Waals surface area contributed by atoms with Gasteiger partial charge in [0.2, 0.25) is 0 Å². The standard InChI is InChI=1S/C28H18N4S2/c1-3-12-29-21(6-1)23-16-19(11-14-31-23)20-17-24(22-7-2-4-13-30-22)32-25(18-20)26-9-10-28(34-26)27-8-5-15-33-27/h1-18H. The minimum absolute atomic E-state index is 0.840. The van der Waals surface area contributed by atoms with Gasteiger partial charge in [0, 0.05) is 28.3 Å². The van der Waals surface area contributed by atoms with Crippen molar-refractivity contribution in [3.63, 3.8) is 0 Å². The SMILES string of the molecule is c1ccc(-c2cc(-c3cc(-c4ccccn4)nc(-c4ccc(-c5cccs5)s4)c3)ccn2)nc1. The van der Waals surface area contributed by atoms with Crippen LogP contribution in [0.2, 0.25) is 0 Å². The molecule has 6 rings (SSSR count). The molecular weight excluding hydrogens is 456 g/mol. The van der Waals surface area contributed by atoms with Crippen LogP contribution in [-0.2, 0) is 0 Å². The number of rotatable bonds is 5. The fraction of sp³-hybridized carbons (Fsp3) is 0. The molecule has 0 aromatic carbocycles. The van der Waals surface area contributed by atoms with E-state index in [0.29, 0.717) is 0 Å². The van der Waals surface area contributed by atoms with Crippen LogP contribution in [0, 0.1) is 0 Å². The van der Waals surface area contributed by atoms with Gasteiger partial charge in [0.1, 0.15) is 0 Å². The summed E-state index contributed by atoms with van der Waals surface area (Å²) in [5.74, 6) is 0. The van der Waals surface area contributed by atoms with E-state index in [2.05, 4.69) is 62.8 Å². The smallest absolute Gasteiger partial charge is 0.0900 e. The van der Waals surface area contributed by atoms with Crippen molar-refractivity contribution in [1.29, 1.82) is 0 Å². The van der Waals surface area contributed by atoms with Crippen molar-refractivity contribution >= 4 is 22.7 Å². The van der Waals surface area contributed by atoms with E-state index in [4.69, 9.17) is 4.98 Å². The third kappa shape index (κ3) is 4.17. The molecule has 6 heteroatoms. The molecule has 162 valence electrons. The molecule has 4 nitrogen and oxygen atoms in total. The van der Waals surface area contributed by atoms with Gasteiger partial charge in [-0.1, -0.05) is 18.2 Å². The predicted molar refractivity (Wildman–Crippen MR) is 141 cm³/mol. The van der Waals surface area contributed by atoms with Gasteiger partial charge in [-0.3, -0.25) is 15.0 Å². The Morgan fingerprint density at radius 2 is 1.18 bits per heavy atom. The number of aromatic nitrogens is 4. The first-order chi connectivity index (χ1) is 16.8. The molecule has 0 N–H and O–H groups in total. The Morgan fingerprint density at radius 3 is 1.91 bits per heavy atom. The Morgan fingerprint density at radius 1 is 0.471 bits per heavy atom. The van der Waals surface area contributed by atoms with Crippen LogP contribution in [0.3, 0.4) is 0 Å². The molecule has 6 heterocycles. The molecule has 6 aromatic heterocycles. The maximum atomic E-state index is 5.00. The molecular formula is C28H18N4S2. The van der Waals surface area contributed by atoms with E-state index in [9.17, 15) is 0 Å². The van der Waals surface area contributed by atoms with Crippen molar-refractivity contribution in [2.45, 2.75) is 0 Å². The zero-order valence-electron chi connectivity index (χ0n) is 18.0. The quantitative estimate of drug-likeness (QED) is 0.257. The average molecular weight is 475 g/mol. The Hall–Kier alpha value is -4.00. The van der Waals surface area contributed by atoms with Crippen LogP contribution in [0.5, 0.6) is 0 Å². The van der Waals surface area contributed by atoms with Crippen molar-refractivity contribution in [3.8, 4) is 54.2 Å². The molecule has 0 radical (unpaired) electrons. The zero-order chi connectivity index (χ0) is 22.7. The van der Waals surface area contributed by atoms with Crippen LogP contribution < -0.4 is 0 Å². The molecule has 0 saturated carbocycles. The van der Waals surface area contributed by atoms with Gasteiger partial charge >= 0.3 is 0 Å². The lowest BCUT2D eigenvalue weighted by Crippen LogP contribution is -1.93. The van der Waals surface area contributed by atoms with Gasteiger partial charge in [0.25, 0.3) is 0 Å². The summed E-state index contributed by atoms with van der Waals surface area (Å²) in [6.45, 7) is 0. The summed E-state index contributed by atoms with van der Waals surface area (Å²) in [4.78, 5) is 22.2. The summed E-state index contributed by atoms with van der Waals surface area (Å²) >= 11 is 3.51. The summed E-state index contributed by atoms with van der Waals surface area (Å²) in [7, 11) is 0. The summed E-state index contributed by atoms with van der Waals surface area (Å²) in [6.07, 6.45) is 5.42. The molecule has 34 heavy (non-hydrogen) atoms. The summed E-state index contributed by atoms with van der Waals surface area (Å²) in [5.41, 5.74) is 6.44. The van der Waals surface area contributed by atoms with E-state index in [-0.39, 0.29) is 0 Å². The van der Waals surface area contributed by atoms with Gasteiger partial charge in [-0.05, 0) is 83.2 Å². The number of nitrogens with zero attached hydrogens (tertiary/aromatic N) is 4. The summed E-state index contributed by atoms with van der Waals surface area (Å²) in [6, 6.07) is 28.7. The van der Waals surface area contributed by atoms with Gasteiger partial charge in [-0.25, -0.2) is 4.98 Å². The maximum Gasteiger partial charge on any atom is 0.0900 e. The van der Waals surface area contributed by atoms with Crippen LogP contribution in [-0.4, -0.2) is 19.9 Å². The number of thiophene rings is 2. The molecule has 0 spiro atoms. The minimum Gasteiger partial charge on any atom is -0.255 e. The minimum atomic E-state index is 0.840. The second-order valence-corrected chi connectivity index (χ2v) is 9.66. The molecule has 0 bridgehead atoms. The lowest BCUT2D eigenvalue weighted by molar-refractivity contribution is 1.24. The van der Waals surface area contributed by atoms with E-state index in [0.717, 1.165) is 44.5 Å². The zero-order valence-corrected chi connectivity index (χ0v) is 19.6. The van der Waals surface area contributed by atoms with Crippen molar-refractivity contribution in [3.05, 3.63) is 109 Å². The number of hydrogen-bond acceptors (Lipinski definition) is 6. The molecule has 0 amide bonds. The van der Waals surface area contributed by atoms with Crippen molar-refractivity contribution < 1.29 is 0 Å². The molecule has 0 aliphatic heterocycles. The van der Waals surface area contributed by atoms with Crippen LogP contribution in [0.15, 0.2) is 109 Å². The highest BCUT2D eigenvalue weighted by Crippen LogP contribution is 2.38. The van der Waals surface area contributed by atoms with Crippen LogP contribution >= 0.6 is 22.7 Å². The Balaban J connectivity index is 1.48. The van der Waals surface area contributed by atoms with E-state index < -0.39 is 0 Å². The van der Waals surface area contributed by atoms with Crippen molar-refractivity contribution in [2.75, 3.05) is 0 Å². The molecule has 0 aliphatic carbocycles. The first kappa shape index (κ1) is 20.6. The van der Waals surface area contributed by atoms with Crippen molar-refractivity contribution in [1.82, 2.24) is 19.9 Å². The largest absolute Gasteiger partial charge is 0.255 e. The molecule has 6 aromatic rings. The van der Waals surface area contributed by atoms with Gasteiger partial charge in [0.15, 0.2) is 0 Å². The first-order valence-corrected chi connectivity index (χ1v) is 12.5. The summed E-state index contributed by atoms with van der Waals surface area (Å²) < 4.78 is 0. The van der Waals surface area contributed by atoms with Gasteiger partial charge < -0.3 is 0 Å². The van der Waals surface area contributed by atoms with Crippen molar-refractivity contribution in [2.24, 2.45) is 0 Å². The summed E-state index contributed by atoms with van der Waals surface area (Å²) in [5, 5.41) is 2.11.